The van der Waals surface area contributed by atoms with Gasteiger partial charge in [0.25, 0.3) is 5.91 Å². The van der Waals surface area contributed by atoms with Crippen molar-refractivity contribution in [3.63, 3.8) is 0 Å². The van der Waals surface area contributed by atoms with E-state index in [1.54, 1.807) is 6.07 Å². The van der Waals surface area contributed by atoms with Gasteiger partial charge in [0.2, 0.25) is 10.0 Å². The number of carbonyl (C=O) groups excluding carboxylic acids is 1. The predicted octanol–water partition coefficient (Wildman–Crippen LogP) is 1.39. The van der Waals surface area contributed by atoms with Crippen molar-refractivity contribution in [2.24, 2.45) is 0 Å². The molecule has 1 atom stereocenters. The highest BCUT2D eigenvalue weighted by Gasteiger charge is 2.18. The molecule has 1 aromatic heterocycles. The first-order valence-corrected chi connectivity index (χ1v) is 10.1. The van der Waals surface area contributed by atoms with Gasteiger partial charge in [-0.3, -0.25) is 4.79 Å². The topological polar surface area (TPSA) is 100 Å². The van der Waals surface area contributed by atoms with Crippen LogP contribution in [-0.2, 0) is 14.8 Å². The number of aromatic nitrogens is 1. The van der Waals surface area contributed by atoms with Gasteiger partial charge in [0.05, 0.1) is 11.9 Å². The van der Waals surface area contributed by atoms with Gasteiger partial charge >= 0.3 is 0 Å². The molecular weight excluding hydrogens is 342 g/mol. The monoisotopic (exact) mass is 365 g/mol. The van der Waals surface area contributed by atoms with E-state index in [0.29, 0.717) is 12.3 Å². The van der Waals surface area contributed by atoms with Crippen molar-refractivity contribution in [3.8, 4) is 0 Å². The second-order valence-corrected chi connectivity index (χ2v) is 8.11. The van der Waals surface area contributed by atoms with Gasteiger partial charge in [-0.15, -0.1) is 0 Å². The van der Waals surface area contributed by atoms with Crippen molar-refractivity contribution in [3.05, 3.63) is 36.0 Å². The minimum absolute atomic E-state index is 0.0507. The Morgan fingerprint density at radius 3 is 2.88 bits per heavy atom. The Hall–Kier alpha value is -1.90. The molecule has 0 saturated carbocycles. The fourth-order valence-corrected chi connectivity index (χ4v) is 3.81. The lowest BCUT2D eigenvalue weighted by atomic mass is 10.1. The number of rotatable bonds is 7. The van der Waals surface area contributed by atoms with Crippen molar-refractivity contribution >= 4 is 26.8 Å². The second kappa shape index (κ2) is 7.99. The van der Waals surface area contributed by atoms with Gasteiger partial charge in [0.15, 0.2) is 0 Å². The van der Waals surface area contributed by atoms with Crippen LogP contribution in [0.2, 0.25) is 0 Å². The van der Waals surface area contributed by atoms with E-state index >= 15 is 0 Å². The van der Waals surface area contributed by atoms with Crippen molar-refractivity contribution in [1.82, 2.24) is 15.0 Å². The van der Waals surface area contributed by atoms with Crippen LogP contribution in [0.4, 0.5) is 0 Å². The molecule has 3 rings (SSSR count). The molecule has 1 aliphatic heterocycles. The Morgan fingerprint density at radius 2 is 2.12 bits per heavy atom. The fraction of sp³-hybridized carbons (Fsp3) is 0.471. The summed E-state index contributed by atoms with van der Waals surface area (Å²) in [6, 6.07) is 9.32. The molecule has 1 amide bonds. The fourth-order valence-electron chi connectivity index (χ4n) is 2.85. The van der Waals surface area contributed by atoms with Crippen LogP contribution in [-0.4, -0.2) is 50.9 Å². The number of H-pyrrole nitrogens is 1. The number of amides is 1. The first-order valence-electron chi connectivity index (χ1n) is 8.48. The zero-order valence-corrected chi connectivity index (χ0v) is 14.8. The Labute approximate surface area is 147 Å². The van der Waals surface area contributed by atoms with Gasteiger partial charge in [0, 0.05) is 30.6 Å². The van der Waals surface area contributed by atoms with Gasteiger partial charge in [-0.2, -0.15) is 0 Å². The summed E-state index contributed by atoms with van der Waals surface area (Å²) in [4.78, 5) is 15.1. The maximum atomic E-state index is 12.1. The number of hydrogen-bond donors (Lipinski definition) is 3. The number of ether oxygens (including phenoxy) is 1. The number of aromatic amines is 1. The summed E-state index contributed by atoms with van der Waals surface area (Å²) in [5.74, 6) is -0.479. The van der Waals surface area contributed by atoms with E-state index in [-0.39, 0.29) is 30.9 Å². The van der Waals surface area contributed by atoms with Gasteiger partial charge in [-0.1, -0.05) is 18.2 Å². The van der Waals surface area contributed by atoms with E-state index in [4.69, 9.17) is 4.74 Å². The average Bonchev–Trinajstić information content (AvgIpc) is 3.05. The van der Waals surface area contributed by atoms with Crippen LogP contribution < -0.4 is 10.0 Å². The summed E-state index contributed by atoms with van der Waals surface area (Å²) in [5, 5.41) is 3.57. The maximum absolute atomic E-state index is 12.1. The molecule has 0 aliphatic carbocycles. The van der Waals surface area contributed by atoms with Crippen LogP contribution in [0.25, 0.3) is 10.9 Å². The lowest BCUT2D eigenvalue weighted by Gasteiger charge is -2.22. The molecule has 1 aromatic carbocycles. The molecule has 2 aromatic rings. The van der Waals surface area contributed by atoms with Gasteiger partial charge in [-0.25, -0.2) is 13.1 Å². The largest absolute Gasteiger partial charge is 0.377 e. The van der Waals surface area contributed by atoms with Crippen molar-refractivity contribution in [2.45, 2.75) is 25.4 Å². The van der Waals surface area contributed by atoms with Gasteiger partial charge in [0.1, 0.15) is 5.69 Å². The van der Waals surface area contributed by atoms with E-state index < -0.39 is 10.0 Å². The Morgan fingerprint density at radius 1 is 1.28 bits per heavy atom. The first-order chi connectivity index (χ1) is 12.0. The highest BCUT2D eigenvalue weighted by atomic mass is 32.2. The third-order valence-electron chi connectivity index (χ3n) is 4.24. The molecule has 136 valence electrons. The molecule has 2 heterocycles. The Kier molecular flexibility index (Phi) is 5.72. The van der Waals surface area contributed by atoms with Crippen molar-refractivity contribution in [1.29, 1.82) is 0 Å². The predicted molar refractivity (Wildman–Crippen MR) is 96.0 cm³/mol. The normalized spacial score (nSPS) is 18.3. The minimum Gasteiger partial charge on any atom is -0.377 e. The van der Waals surface area contributed by atoms with Crippen molar-refractivity contribution < 1.29 is 17.9 Å². The molecule has 7 nitrogen and oxygen atoms in total. The van der Waals surface area contributed by atoms with Crippen LogP contribution >= 0.6 is 0 Å². The molecule has 1 fully saturated rings. The third-order valence-corrected chi connectivity index (χ3v) is 5.58. The molecule has 25 heavy (non-hydrogen) atoms. The standard InChI is InChI=1S/C17H23N3O4S/c21-17(16-11-13-5-1-2-7-15(13)20-16)18-8-10-25(22,23)19-12-14-6-3-4-9-24-14/h1-2,5,7,11,14,19-20H,3-4,6,8-10,12H2,(H,18,21). The molecule has 3 N–H and O–H groups in total. The molecule has 0 radical (unpaired) electrons. The number of carbonyl (C=O) groups is 1. The van der Waals surface area contributed by atoms with E-state index in [1.807, 2.05) is 24.3 Å². The summed E-state index contributed by atoms with van der Waals surface area (Å²) in [6.07, 6.45) is 2.92. The number of nitrogens with one attached hydrogen (secondary N) is 3. The summed E-state index contributed by atoms with van der Waals surface area (Å²) in [6.45, 7) is 1.03. The SMILES string of the molecule is O=C(NCCS(=O)(=O)NCC1CCCCO1)c1cc2ccccc2[nH]1. The quantitative estimate of drug-likeness (QED) is 0.690. The number of hydrogen-bond acceptors (Lipinski definition) is 4. The summed E-state index contributed by atoms with van der Waals surface area (Å²) >= 11 is 0. The highest BCUT2D eigenvalue weighted by Crippen LogP contribution is 2.14. The third kappa shape index (κ3) is 5.04. The van der Waals surface area contributed by atoms with Crippen LogP contribution in [0, 0.1) is 0 Å². The number of para-hydroxylation sites is 1. The van der Waals surface area contributed by atoms with Crippen LogP contribution in [0.3, 0.4) is 0 Å². The number of sulfonamides is 1. The molecule has 0 spiro atoms. The zero-order chi connectivity index (χ0) is 17.7. The highest BCUT2D eigenvalue weighted by molar-refractivity contribution is 7.89. The lowest BCUT2D eigenvalue weighted by Crippen LogP contribution is -2.39. The summed E-state index contributed by atoms with van der Waals surface area (Å²) in [7, 11) is -3.44. The van der Waals surface area contributed by atoms with E-state index in [2.05, 4.69) is 15.0 Å². The summed E-state index contributed by atoms with van der Waals surface area (Å²) in [5.41, 5.74) is 1.29. The molecule has 1 aliphatic rings. The van der Waals surface area contributed by atoms with Crippen LogP contribution in [0.5, 0.6) is 0 Å². The molecule has 1 unspecified atom stereocenters. The molecule has 0 bridgehead atoms. The van der Waals surface area contributed by atoms with E-state index in [1.165, 1.54) is 0 Å². The number of fused-ring (bicyclic) bond motifs is 1. The number of benzene rings is 1. The van der Waals surface area contributed by atoms with Crippen molar-refractivity contribution in [2.75, 3.05) is 25.4 Å². The molecule has 8 heteroatoms. The minimum atomic E-state index is -3.44. The first kappa shape index (κ1) is 17.9. The molecular formula is C17H23N3O4S. The van der Waals surface area contributed by atoms with Crippen LogP contribution in [0.15, 0.2) is 30.3 Å². The van der Waals surface area contributed by atoms with E-state index in [9.17, 15) is 13.2 Å². The van der Waals surface area contributed by atoms with Gasteiger partial charge in [-0.05, 0) is 31.4 Å². The lowest BCUT2D eigenvalue weighted by molar-refractivity contribution is 0.0200. The van der Waals surface area contributed by atoms with E-state index in [0.717, 1.165) is 30.2 Å². The van der Waals surface area contributed by atoms with Crippen LogP contribution in [0.1, 0.15) is 29.8 Å². The van der Waals surface area contributed by atoms with Gasteiger partial charge < -0.3 is 15.0 Å². The molecule has 1 saturated heterocycles. The average molecular weight is 365 g/mol. The Balaban J connectivity index is 1.45. The smallest absolute Gasteiger partial charge is 0.267 e. The maximum Gasteiger partial charge on any atom is 0.267 e. The second-order valence-electron chi connectivity index (χ2n) is 6.18. The zero-order valence-electron chi connectivity index (χ0n) is 14.0. The Bertz CT molecular complexity index is 792. The summed E-state index contributed by atoms with van der Waals surface area (Å²) < 4.78 is 32.1.